The molecule has 2 aliphatic rings. The molecule has 0 aromatic rings. The molecule has 1 aliphatic carbocycles. The Balaban J connectivity index is 1.84. The molecule has 2 atom stereocenters. The van der Waals surface area contributed by atoms with Gasteiger partial charge in [0.1, 0.15) is 6.29 Å². The fraction of sp³-hybridized carbons (Fsp3) is 0.900. The molecule has 1 aliphatic heterocycles. The minimum absolute atomic E-state index is 0.282. The zero-order valence-electron chi connectivity index (χ0n) is 7.37. The standard InChI is InChI=1S/C10H16O2/c11-7-8-4-5-12-10(6-8)9-2-1-3-9/h7-10H,1-6H2/t8-,10-/m0/s1. The first-order chi connectivity index (χ1) is 5.90. The Morgan fingerprint density at radius 2 is 2.08 bits per heavy atom. The van der Waals surface area contributed by atoms with Gasteiger partial charge in [0.15, 0.2) is 0 Å². The van der Waals surface area contributed by atoms with Crippen molar-refractivity contribution in [1.29, 1.82) is 0 Å². The molecule has 0 aromatic carbocycles. The molecule has 2 fully saturated rings. The smallest absolute Gasteiger partial charge is 0.123 e. The van der Waals surface area contributed by atoms with Crippen molar-refractivity contribution in [2.45, 2.75) is 38.2 Å². The van der Waals surface area contributed by atoms with Crippen LogP contribution in [0, 0.1) is 11.8 Å². The third kappa shape index (κ3) is 1.53. The lowest BCUT2D eigenvalue weighted by Crippen LogP contribution is -2.35. The normalized spacial score (nSPS) is 37.3. The second-order valence-electron chi connectivity index (χ2n) is 4.02. The molecule has 1 saturated heterocycles. The molecule has 0 radical (unpaired) electrons. The highest BCUT2D eigenvalue weighted by atomic mass is 16.5. The Kier molecular flexibility index (Phi) is 2.45. The maximum atomic E-state index is 10.6. The molecule has 0 spiro atoms. The summed E-state index contributed by atoms with van der Waals surface area (Å²) in [4.78, 5) is 10.6. The molecule has 1 saturated carbocycles. The highest BCUT2D eigenvalue weighted by Gasteiger charge is 2.32. The van der Waals surface area contributed by atoms with Crippen LogP contribution in [0.25, 0.3) is 0 Å². The van der Waals surface area contributed by atoms with Gasteiger partial charge in [-0.05, 0) is 31.6 Å². The van der Waals surface area contributed by atoms with E-state index < -0.39 is 0 Å². The Labute approximate surface area is 73.3 Å². The van der Waals surface area contributed by atoms with E-state index in [-0.39, 0.29) is 5.92 Å². The Hall–Kier alpha value is -0.370. The summed E-state index contributed by atoms with van der Waals surface area (Å²) in [5.41, 5.74) is 0. The molecular weight excluding hydrogens is 152 g/mol. The predicted octanol–water partition coefficient (Wildman–Crippen LogP) is 1.78. The summed E-state index contributed by atoms with van der Waals surface area (Å²) >= 11 is 0. The molecule has 68 valence electrons. The van der Waals surface area contributed by atoms with Crippen molar-refractivity contribution in [2.75, 3.05) is 6.61 Å². The maximum absolute atomic E-state index is 10.6. The first-order valence-electron chi connectivity index (χ1n) is 4.97. The topological polar surface area (TPSA) is 26.3 Å². The average Bonchev–Trinajstić information content (AvgIpc) is 2.02. The zero-order valence-corrected chi connectivity index (χ0v) is 7.37. The fourth-order valence-electron chi connectivity index (χ4n) is 2.12. The number of ether oxygens (including phenoxy) is 1. The average molecular weight is 168 g/mol. The number of hydrogen-bond acceptors (Lipinski definition) is 2. The van der Waals surface area contributed by atoms with Gasteiger partial charge in [0.25, 0.3) is 0 Å². The second kappa shape index (κ2) is 3.56. The van der Waals surface area contributed by atoms with Gasteiger partial charge in [0.05, 0.1) is 6.10 Å². The molecule has 0 unspecified atom stereocenters. The van der Waals surface area contributed by atoms with Crippen molar-refractivity contribution >= 4 is 6.29 Å². The number of hydrogen-bond donors (Lipinski definition) is 0. The minimum atomic E-state index is 0.282. The molecule has 0 bridgehead atoms. The first kappa shape index (κ1) is 8.24. The van der Waals surface area contributed by atoms with Crippen LogP contribution in [0.1, 0.15) is 32.1 Å². The summed E-state index contributed by atoms with van der Waals surface area (Å²) in [6.45, 7) is 0.796. The minimum Gasteiger partial charge on any atom is -0.378 e. The summed E-state index contributed by atoms with van der Waals surface area (Å²) in [6.07, 6.45) is 7.42. The van der Waals surface area contributed by atoms with Crippen molar-refractivity contribution in [3.8, 4) is 0 Å². The molecule has 2 rings (SSSR count). The van der Waals surface area contributed by atoms with Gasteiger partial charge in [-0.2, -0.15) is 0 Å². The monoisotopic (exact) mass is 168 g/mol. The molecular formula is C10H16O2. The van der Waals surface area contributed by atoms with Crippen LogP contribution in [0.15, 0.2) is 0 Å². The van der Waals surface area contributed by atoms with E-state index in [1.807, 2.05) is 0 Å². The van der Waals surface area contributed by atoms with Gasteiger partial charge in [0, 0.05) is 12.5 Å². The fourth-order valence-corrected chi connectivity index (χ4v) is 2.12. The molecule has 2 nitrogen and oxygen atoms in total. The molecule has 0 aromatic heterocycles. The third-order valence-electron chi connectivity index (χ3n) is 3.22. The van der Waals surface area contributed by atoms with Gasteiger partial charge in [0.2, 0.25) is 0 Å². The van der Waals surface area contributed by atoms with Crippen LogP contribution in [-0.2, 0) is 9.53 Å². The van der Waals surface area contributed by atoms with Crippen LogP contribution in [0.5, 0.6) is 0 Å². The first-order valence-corrected chi connectivity index (χ1v) is 4.97. The summed E-state index contributed by atoms with van der Waals surface area (Å²) in [5, 5.41) is 0. The largest absolute Gasteiger partial charge is 0.378 e. The maximum Gasteiger partial charge on any atom is 0.123 e. The van der Waals surface area contributed by atoms with Gasteiger partial charge >= 0.3 is 0 Å². The second-order valence-corrected chi connectivity index (χ2v) is 4.02. The van der Waals surface area contributed by atoms with E-state index in [2.05, 4.69) is 0 Å². The van der Waals surface area contributed by atoms with E-state index in [4.69, 9.17) is 4.74 Å². The van der Waals surface area contributed by atoms with Crippen molar-refractivity contribution in [3.05, 3.63) is 0 Å². The Bertz CT molecular complexity index is 163. The number of rotatable bonds is 2. The predicted molar refractivity (Wildman–Crippen MR) is 45.9 cm³/mol. The van der Waals surface area contributed by atoms with Crippen molar-refractivity contribution in [2.24, 2.45) is 11.8 Å². The van der Waals surface area contributed by atoms with Gasteiger partial charge in [-0.15, -0.1) is 0 Å². The third-order valence-corrected chi connectivity index (χ3v) is 3.22. The SMILES string of the molecule is O=C[C@H]1CCO[C@H](C2CCC2)C1. The lowest BCUT2D eigenvalue weighted by atomic mass is 9.77. The van der Waals surface area contributed by atoms with Crippen LogP contribution < -0.4 is 0 Å². The van der Waals surface area contributed by atoms with E-state index >= 15 is 0 Å². The highest BCUT2D eigenvalue weighted by Crippen LogP contribution is 2.36. The lowest BCUT2D eigenvalue weighted by molar-refractivity contribution is -0.119. The number of carbonyl (C=O) groups excluding carboxylic acids is 1. The van der Waals surface area contributed by atoms with E-state index in [9.17, 15) is 4.79 Å². The van der Waals surface area contributed by atoms with Gasteiger partial charge in [-0.25, -0.2) is 0 Å². The van der Waals surface area contributed by atoms with Gasteiger partial charge in [-0.1, -0.05) is 6.42 Å². The van der Waals surface area contributed by atoms with Crippen molar-refractivity contribution in [1.82, 2.24) is 0 Å². The quantitative estimate of drug-likeness (QED) is 0.587. The van der Waals surface area contributed by atoms with Crippen LogP contribution in [-0.4, -0.2) is 19.0 Å². The van der Waals surface area contributed by atoms with Crippen molar-refractivity contribution in [3.63, 3.8) is 0 Å². The molecule has 12 heavy (non-hydrogen) atoms. The summed E-state index contributed by atoms with van der Waals surface area (Å²) in [5.74, 6) is 1.05. The summed E-state index contributed by atoms with van der Waals surface area (Å²) in [6, 6.07) is 0. The molecule has 1 heterocycles. The highest BCUT2D eigenvalue weighted by molar-refractivity contribution is 5.53. The summed E-state index contributed by atoms with van der Waals surface area (Å²) < 4.78 is 5.66. The van der Waals surface area contributed by atoms with E-state index in [0.29, 0.717) is 6.10 Å². The number of carbonyl (C=O) groups is 1. The van der Waals surface area contributed by atoms with Crippen LogP contribution in [0.2, 0.25) is 0 Å². The summed E-state index contributed by atoms with van der Waals surface area (Å²) in [7, 11) is 0. The van der Waals surface area contributed by atoms with E-state index in [1.54, 1.807) is 0 Å². The van der Waals surface area contributed by atoms with Crippen LogP contribution in [0.3, 0.4) is 0 Å². The van der Waals surface area contributed by atoms with Gasteiger partial charge in [-0.3, -0.25) is 0 Å². The van der Waals surface area contributed by atoms with Crippen LogP contribution in [0.4, 0.5) is 0 Å². The van der Waals surface area contributed by atoms with Crippen molar-refractivity contribution < 1.29 is 9.53 Å². The van der Waals surface area contributed by atoms with Gasteiger partial charge < -0.3 is 9.53 Å². The molecule has 0 N–H and O–H groups in total. The Morgan fingerprint density at radius 3 is 2.67 bits per heavy atom. The zero-order chi connectivity index (χ0) is 8.39. The van der Waals surface area contributed by atoms with Crippen LogP contribution >= 0.6 is 0 Å². The number of aldehydes is 1. The van der Waals surface area contributed by atoms with E-state index in [1.165, 1.54) is 19.3 Å². The molecule has 2 heteroatoms. The molecule has 0 amide bonds. The Morgan fingerprint density at radius 1 is 1.25 bits per heavy atom. The van der Waals surface area contributed by atoms with E-state index in [0.717, 1.165) is 31.7 Å². The lowest BCUT2D eigenvalue weighted by Gasteiger charge is -2.37.